The molecule has 0 saturated carbocycles. The molecule has 0 fully saturated rings. The van der Waals surface area contributed by atoms with E-state index in [4.69, 9.17) is 5.11 Å². The van der Waals surface area contributed by atoms with E-state index in [-0.39, 0.29) is 6.42 Å². The molecule has 0 aromatic heterocycles. The smallest absolute Gasteiger partial charge is 0.380 e. The third kappa shape index (κ3) is 5.57. The maximum absolute atomic E-state index is 12.8. The Balaban J connectivity index is 0. The summed E-state index contributed by atoms with van der Waals surface area (Å²) in [6.45, 7) is 2.41. The maximum Gasteiger partial charge on any atom is 0.380 e. The van der Waals surface area contributed by atoms with Gasteiger partial charge in [-0.1, -0.05) is 20.8 Å². The van der Waals surface area contributed by atoms with Crippen molar-refractivity contribution >= 4 is 0 Å². The van der Waals surface area contributed by atoms with E-state index >= 15 is 0 Å². The van der Waals surface area contributed by atoms with Crippen molar-refractivity contribution in [1.29, 1.82) is 0 Å². The van der Waals surface area contributed by atoms with Gasteiger partial charge in [0.2, 0.25) is 0 Å². The van der Waals surface area contributed by atoms with E-state index in [1.165, 1.54) is 6.92 Å². The van der Waals surface area contributed by atoms with E-state index in [1.807, 2.05) is 13.8 Å². The lowest BCUT2D eigenvalue weighted by Gasteiger charge is -2.32. The Bertz CT molecular complexity index is 283. The van der Waals surface area contributed by atoms with Crippen LogP contribution < -0.4 is 0 Å². The Hall–Kier alpha value is -0.640. The van der Waals surface area contributed by atoms with Gasteiger partial charge in [0.1, 0.15) is 6.61 Å². The lowest BCUT2D eigenvalue weighted by atomic mass is 10.1. The number of aliphatic hydroxyl groups is 1. The normalized spacial score (nSPS) is 14.7. The van der Waals surface area contributed by atoms with Crippen LogP contribution >= 0.6 is 0 Å². The summed E-state index contributed by atoms with van der Waals surface area (Å²) in [4.78, 5) is 0. The van der Waals surface area contributed by atoms with Gasteiger partial charge in [-0.05, 0) is 6.42 Å². The molecule has 0 rings (SSSR count). The number of hydrogen-bond donors (Lipinski definition) is 1. The van der Waals surface area contributed by atoms with Crippen molar-refractivity contribution in [3.8, 4) is 0 Å². The van der Waals surface area contributed by atoms with E-state index < -0.39 is 43.5 Å². The van der Waals surface area contributed by atoms with E-state index in [9.17, 15) is 35.1 Å². The van der Waals surface area contributed by atoms with Crippen molar-refractivity contribution in [2.75, 3.05) is 13.2 Å². The van der Waals surface area contributed by atoms with Gasteiger partial charge in [0.15, 0.2) is 0 Å². The van der Waals surface area contributed by atoms with Crippen LogP contribution in [0.3, 0.4) is 0 Å². The van der Waals surface area contributed by atoms with Gasteiger partial charge < -0.3 is 9.84 Å². The average molecular weight is 334 g/mol. The summed E-state index contributed by atoms with van der Waals surface area (Å²) in [5, 5.41) is 8.88. The van der Waals surface area contributed by atoms with Crippen molar-refractivity contribution in [3.63, 3.8) is 0 Å². The molecule has 0 saturated heterocycles. The third-order valence-corrected chi connectivity index (χ3v) is 2.22. The highest BCUT2D eigenvalue weighted by Crippen LogP contribution is 2.48. The molecular weight excluding hydrogens is 316 g/mol. The Morgan fingerprint density at radius 1 is 1.00 bits per heavy atom. The van der Waals surface area contributed by atoms with Crippen LogP contribution in [0.2, 0.25) is 0 Å². The van der Waals surface area contributed by atoms with Crippen LogP contribution in [0, 0.1) is 0 Å². The first-order chi connectivity index (χ1) is 9.40. The molecule has 0 aliphatic carbocycles. The van der Waals surface area contributed by atoms with Gasteiger partial charge in [-0.3, -0.25) is 0 Å². The molecule has 0 radical (unpaired) electrons. The van der Waals surface area contributed by atoms with Crippen LogP contribution in [0.5, 0.6) is 0 Å². The standard InChI is InChI=1S/C9H12F8O2.C2H6/c1-2-5(18)3-19-4-7(12,13)9(16,17)8(14,15)6(10)11;1-2/h5-6,18H,2-4H2,1H3;1-2H3. The van der Waals surface area contributed by atoms with Crippen molar-refractivity contribution in [2.45, 2.75) is 57.5 Å². The van der Waals surface area contributed by atoms with Crippen molar-refractivity contribution in [3.05, 3.63) is 0 Å². The van der Waals surface area contributed by atoms with Crippen molar-refractivity contribution < 1.29 is 45.0 Å². The number of rotatable bonds is 8. The highest BCUT2D eigenvalue weighted by molar-refractivity contribution is 4.97. The summed E-state index contributed by atoms with van der Waals surface area (Å²) >= 11 is 0. The van der Waals surface area contributed by atoms with Crippen molar-refractivity contribution in [2.24, 2.45) is 0 Å². The molecule has 2 nitrogen and oxygen atoms in total. The second kappa shape index (κ2) is 8.72. The number of alkyl halides is 8. The van der Waals surface area contributed by atoms with Crippen LogP contribution in [0.4, 0.5) is 35.1 Å². The van der Waals surface area contributed by atoms with Crippen LogP contribution in [-0.2, 0) is 4.74 Å². The van der Waals surface area contributed by atoms with E-state index in [0.29, 0.717) is 0 Å². The molecule has 0 spiro atoms. The molecule has 130 valence electrons. The fourth-order valence-corrected chi connectivity index (χ4v) is 0.912. The molecule has 1 N–H and O–H groups in total. The second-order valence-corrected chi connectivity index (χ2v) is 3.78. The molecule has 10 heteroatoms. The van der Waals surface area contributed by atoms with Gasteiger partial charge in [0.05, 0.1) is 12.7 Å². The van der Waals surface area contributed by atoms with Crippen LogP contribution in [0.1, 0.15) is 27.2 Å². The van der Waals surface area contributed by atoms with Crippen LogP contribution in [0.25, 0.3) is 0 Å². The van der Waals surface area contributed by atoms with Gasteiger partial charge in [-0.25, -0.2) is 8.78 Å². The van der Waals surface area contributed by atoms with E-state index in [2.05, 4.69) is 4.74 Å². The minimum absolute atomic E-state index is 0.0508. The summed E-state index contributed by atoms with van der Waals surface area (Å²) in [5.41, 5.74) is 0. The van der Waals surface area contributed by atoms with Gasteiger partial charge >= 0.3 is 24.2 Å². The minimum Gasteiger partial charge on any atom is -0.391 e. The first-order valence-electron chi connectivity index (χ1n) is 6.07. The molecule has 0 aromatic carbocycles. The Morgan fingerprint density at radius 2 is 1.43 bits per heavy atom. The minimum atomic E-state index is -6.27. The molecule has 21 heavy (non-hydrogen) atoms. The number of hydrogen-bond acceptors (Lipinski definition) is 2. The van der Waals surface area contributed by atoms with Gasteiger partial charge in [0, 0.05) is 0 Å². The monoisotopic (exact) mass is 334 g/mol. The Morgan fingerprint density at radius 3 is 1.76 bits per heavy atom. The first-order valence-corrected chi connectivity index (χ1v) is 6.07. The molecule has 0 aliphatic rings. The molecule has 0 bridgehead atoms. The Kier molecular flexibility index (Phi) is 9.40. The molecule has 0 amide bonds. The third-order valence-electron chi connectivity index (χ3n) is 2.22. The van der Waals surface area contributed by atoms with Gasteiger partial charge in [-0.2, -0.15) is 26.3 Å². The highest BCUT2D eigenvalue weighted by atomic mass is 19.4. The predicted molar refractivity (Wildman–Crippen MR) is 59.3 cm³/mol. The SMILES string of the molecule is CC.CCC(O)COCC(F)(F)C(F)(F)C(F)(F)C(F)F. The van der Waals surface area contributed by atoms with E-state index in [1.54, 1.807) is 0 Å². The zero-order valence-corrected chi connectivity index (χ0v) is 11.7. The second-order valence-electron chi connectivity index (χ2n) is 3.78. The largest absolute Gasteiger partial charge is 0.391 e. The topological polar surface area (TPSA) is 29.5 Å². The fraction of sp³-hybridized carbons (Fsp3) is 1.00. The quantitative estimate of drug-likeness (QED) is 0.681. The summed E-state index contributed by atoms with van der Waals surface area (Å²) < 4.78 is 103. The molecule has 0 heterocycles. The molecule has 0 aliphatic heterocycles. The fourth-order valence-electron chi connectivity index (χ4n) is 0.912. The van der Waals surface area contributed by atoms with Crippen LogP contribution in [0.15, 0.2) is 0 Å². The molecule has 1 unspecified atom stereocenters. The lowest BCUT2D eigenvalue weighted by Crippen LogP contribution is -2.59. The van der Waals surface area contributed by atoms with Gasteiger partial charge in [0.25, 0.3) is 0 Å². The number of ether oxygens (including phenoxy) is 1. The highest BCUT2D eigenvalue weighted by Gasteiger charge is 2.75. The molecule has 0 aromatic rings. The molecular formula is C11H18F8O2. The maximum atomic E-state index is 12.8. The molecule has 1 atom stereocenters. The summed E-state index contributed by atoms with van der Waals surface area (Å²) in [6.07, 6.45) is -6.15. The van der Waals surface area contributed by atoms with Crippen LogP contribution in [-0.4, -0.2) is 48.6 Å². The van der Waals surface area contributed by atoms with Crippen molar-refractivity contribution in [1.82, 2.24) is 0 Å². The lowest BCUT2D eigenvalue weighted by molar-refractivity contribution is -0.346. The zero-order valence-electron chi connectivity index (χ0n) is 11.7. The van der Waals surface area contributed by atoms with E-state index in [0.717, 1.165) is 0 Å². The summed E-state index contributed by atoms with van der Waals surface area (Å²) in [7, 11) is 0. The number of halogens is 8. The zero-order chi connectivity index (χ0) is 17.5. The first kappa shape index (κ1) is 22.6. The summed E-state index contributed by atoms with van der Waals surface area (Å²) in [5.74, 6) is -18.0. The average Bonchev–Trinajstić information content (AvgIpc) is 2.39. The van der Waals surface area contributed by atoms with Gasteiger partial charge in [-0.15, -0.1) is 0 Å². The number of aliphatic hydroxyl groups excluding tert-OH is 1. The predicted octanol–water partition coefficient (Wildman–Crippen LogP) is 3.97. The Labute approximate surface area is 117 Å². The summed E-state index contributed by atoms with van der Waals surface area (Å²) in [6, 6.07) is 0.